The smallest absolute Gasteiger partial charge is 0.101 e. The topological polar surface area (TPSA) is 65.0 Å². The fourth-order valence-corrected chi connectivity index (χ4v) is 2.92. The lowest BCUT2D eigenvalue weighted by atomic mass is 10.1. The summed E-state index contributed by atoms with van der Waals surface area (Å²) in [6.07, 6.45) is 4.09. The highest BCUT2D eigenvalue weighted by atomic mass is 35.5. The predicted molar refractivity (Wildman–Crippen MR) is 98.3 cm³/mol. The van der Waals surface area contributed by atoms with E-state index in [9.17, 15) is 5.26 Å². The number of nitrogens with zero attached hydrogens (tertiary/aromatic N) is 4. The van der Waals surface area contributed by atoms with E-state index in [1.165, 1.54) is 0 Å². The van der Waals surface area contributed by atoms with Gasteiger partial charge in [0.05, 0.1) is 35.0 Å². The monoisotopic (exact) mass is 376 g/mol. The van der Waals surface area contributed by atoms with E-state index >= 15 is 0 Å². The Hall–Kier alpha value is -2.02. The number of nitriles is 2. The van der Waals surface area contributed by atoms with Gasteiger partial charge in [-0.1, -0.05) is 35.3 Å². The van der Waals surface area contributed by atoms with E-state index in [1.807, 2.05) is 16.8 Å². The van der Waals surface area contributed by atoms with Crippen molar-refractivity contribution in [1.29, 1.82) is 10.5 Å². The molecule has 1 heterocycles. The second-order valence-electron chi connectivity index (χ2n) is 5.47. The van der Waals surface area contributed by atoms with Crippen LogP contribution in [0.25, 0.3) is 11.1 Å². The summed E-state index contributed by atoms with van der Waals surface area (Å²) in [5.74, 6) is 0. The molecule has 0 spiro atoms. The van der Waals surface area contributed by atoms with E-state index in [-0.39, 0.29) is 0 Å². The van der Waals surface area contributed by atoms with Crippen molar-refractivity contribution in [2.24, 2.45) is 0 Å². The fourth-order valence-electron chi connectivity index (χ4n) is 2.52. The first kappa shape index (κ1) is 19.3. The Kier molecular flexibility index (Phi) is 7.31. The van der Waals surface area contributed by atoms with Gasteiger partial charge in [0, 0.05) is 50.1 Å². The molecule has 0 saturated carbocycles. The second kappa shape index (κ2) is 9.46. The van der Waals surface area contributed by atoms with E-state index in [0.717, 1.165) is 11.1 Å². The minimum atomic E-state index is 0.430. The van der Waals surface area contributed by atoms with Crippen molar-refractivity contribution in [3.8, 4) is 23.3 Å². The van der Waals surface area contributed by atoms with Gasteiger partial charge in [-0.15, -0.1) is 0 Å². The summed E-state index contributed by atoms with van der Waals surface area (Å²) in [4.78, 5) is 2.09. The molecular weight excluding hydrogens is 359 g/mol. The average molecular weight is 377 g/mol. The summed E-state index contributed by atoms with van der Waals surface area (Å²) in [6.45, 7) is 2.46. The van der Waals surface area contributed by atoms with Crippen molar-refractivity contribution in [3.05, 3.63) is 46.2 Å². The Labute approximate surface area is 157 Å². The molecule has 0 N–H and O–H groups in total. The van der Waals surface area contributed by atoms with E-state index in [0.29, 0.717) is 48.4 Å². The van der Waals surface area contributed by atoms with Crippen LogP contribution >= 0.6 is 23.2 Å². The zero-order valence-electron chi connectivity index (χ0n) is 13.9. The normalized spacial score (nSPS) is 10.6. The standard InChI is InChI=1S/C18H18Cl2N4O/c1-25-9-8-23(7-3-6-21)13-24-11-14(10-22)16(12-24)15-4-2-5-17(19)18(15)20/h2,4-5,11-12H,3,7-9,13H2,1H3. The molecule has 0 fully saturated rings. The number of rotatable bonds is 8. The summed E-state index contributed by atoms with van der Waals surface area (Å²) < 4.78 is 7.03. The summed E-state index contributed by atoms with van der Waals surface area (Å²) in [5.41, 5.74) is 1.99. The number of ether oxygens (including phenoxy) is 1. The van der Waals surface area contributed by atoms with Gasteiger partial charge in [-0.2, -0.15) is 10.5 Å². The van der Waals surface area contributed by atoms with Crippen molar-refractivity contribution in [2.45, 2.75) is 13.1 Å². The molecule has 25 heavy (non-hydrogen) atoms. The van der Waals surface area contributed by atoms with Crippen LogP contribution in [0.15, 0.2) is 30.6 Å². The Morgan fingerprint density at radius 2 is 1.96 bits per heavy atom. The molecule has 0 atom stereocenters. The zero-order chi connectivity index (χ0) is 18.2. The Bertz CT molecular complexity index is 804. The van der Waals surface area contributed by atoms with Crippen molar-refractivity contribution >= 4 is 23.2 Å². The minimum absolute atomic E-state index is 0.430. The molecule has 0 bridgehead atoms. The van der Waals surface area contributed by atoms with E-state index in [4.69, 9.17) is 33.2 Å². The van der Waals surface area contributed by atoms with Crippen LogP contribution in [0, 0.1) is 22.7 Å². The molecular formula is C18H18Cl2N4O. The van der Waals surface area contributed by atoms with Gasteiger partial charge in [-0.25, -0.2) is 0 Å². The number of aromatic nitrogens is 1. The van der Waals surface area contributed by atoms with Crippen molar-refractivity contribution in [2.75, 3.05) is 26.8 Å². The Balaban J connectivity index is 2.28. The molecule has 1 aromatic carbocycles. The molecule has 2 aromatic rings. The number of benzene rings is 1. The number of methoxy groups -OCH3 is 1. The third kappa shape index (κ3) is 4.98. The van der Waals surface area contributed by atoms with Crippen molar-refractivity contribution in [3.63, 3.8) is 0 Å². The molecule has 0 unspecified atom stereocenters. The summed E-state index contributed by atoms with van der Waals surface area (Å²) in [5, 5.41) is 19.1. The van der Waals surface area contributed by atoms with Crippen LogP contribution in [0.1, 0.15) is 12.0 Å². The van der Waals surface area contributed by atoms with Crippen molar-refractivity contribution < 1.29 is 4.74 Å². The van der Waals surface area contributed by atoms with Crippen molar-refractivity contribution in [1.82, 2.24) is 9.47 Å². The van der Waals surface area contributed by atoms with E-state index < -0.39 is 0 Å². The molecule has 130 valence electrons. The molecule has 0 aliphatic carbocycles. The van der Waals surface area contributed by atoms with Crippen LogP contribution in [-0.4, -0.2) is 36.3 Å². The molecule has 0 amide bonds. The summed E-state index contributed by atoms with van der Waals surface area (Å²) >= 11 is 12.4. The second-order valence-corrected chi connectivity index (χ2v) is 6.26. The third-order valence-electron chi connectivity index (χ3n) is 3.76. The zero-order valence-corrected chi connectivity index (χ0v) is 15.4. The van der Waals surface area contributed by atoms with Crippen LogP contribution in [0.2, 0.25) is 10.0 Å². The maximum Gasteiger partial charge on any atom is 0.101 e. The SMILES string of the molecule is COCCN(CCC#N)Cn1cc(C#N)c(-c2cccc(Cl)c2Cl)c1. The quantitative estimate of drug-likeness (QED) is 0.693. The molecule has 5 nitrogen and oxygen atoms in total. The number of hydrogen-bond donors (Lipinski definition) is 0. The lowest BCUT2D eigenvalue weighted by Gasteiger charge is -2.21. The van der Waals surface area contributed by atoms with E-state index in [1.54, 1.807) is 25.4 Å². The Morgan fingerprint density at radius 3 is 2.64 bits per heavy atom. The van der Waals surface area contributed by atoms with Crippen LogP contribution < -0.4 is 0 Å². The number of halogens is 2. The lowest BCUT2D eigenvalue weighted by molar-refractivity contribution is 0.130. The highest BCUT2D eigenvalue weighted by Crippen LogP contribution is 2.35. The van der Waals surface area contributed by atoms with Gasteiger partial charge >= 0.3 is 0 Å². The minimum Gasteiger partial charge on any atom is -0.383 e. The summed E-state index contributed by atoms with van der Waals surface area (Å²) in [6, 6.07) is 9.71. The first-order chi connectivity index (χ1) is 12.1. The van der Waals surface area contributed by atoms with Gasteiger partial charge in [0.2, 0.25) is 0 Å². The van der Waals surface area contributed by atoms with Gasteiger partial charge < -0.3 is 9.30 Å². The van der Waals surface area contributed by atoms with Gasteiger partial charge in [0.25, 0.3) is 0 Å². The van der Waals surface area contributed by atoms with Crippen LogP contribution in [0.3, 0.4) is 0 Å². The predicted octanol–water partition coefficient (Wildman–Crippen LogP) is 4.15. The van der Waals surface area contributed by atoms with E-state index in [2.05, 4.69) is 17.0 Å². The van der Waals surface area contributed by atoms with Gasteiger partial charge in [0.1, 0.15) is 6.07 Å². The highest BCUT2D eigenvalue weighted by Gasteiger charge is 2.15. The average Bonchev–Trinajstić information content (AvgIpc) is 3.02. The van der Waals surface area contributed by atoms with Crippen LogP contribution in [0.4, 0.5) is 0 Å². The maximum absolute atomic E-state index is 9.45. The lowest BCUT2D eigenvalue weighted by Crippen LogP contribution is -2.30. The van der Waals surface area contributed by atoms with Gasteiger partial charge in [0.15, 0.2) is 0 Å². The largest absolute Gasteiger partial charge is 0.383 e. The first-order valence-corrected chi connectivity index (χ1v) is 8.48. The fraction of sp³-hybridized carbons (Fsp3) is 0.333. The van der Waals surface area contributed by atoms with Crippen LogP contribution in [0.5, 0.6) is 0 Å². The molecule has 0 aliphatic rings. The molecule has 2 rings (SSSR count). The molecule has 0 saturated heterocycles. The maximum atomic E-state index is 9.45. The third-order valence-corrected chi connectivity index (χ3v) is 4.58. The number of hydrogen-bond acceptors (Lipinski definition) is 4. The Morgan fingerprint density at radius 1 is 1.16 bits per heavy atom. The molecule has 0 radical (unpaired) electrons. The van der Waals surface area contributed by atoms with Crippen LogP contribution in [-0.2, 0) is 11.4 Å². The molecule has 0 aliphatic heterocycles. The van der Waals surface area contributed by atoms with Gasteiger partial charge in [-0.3, -0.25) is 4.90 Å². The summed E-state index contributed by atoms with van der Waals surface area (Å²) in [7, 11) is 1.64. The molecule has 7 heteroatoms. The highest BCUT2D eigenvalue weighted by molar-refractivity contribution is 6.43. The first-order valence-electron chi connectivity index (χ1n) is 7.73. The molecule has 1 aromatic heterocycles. The van der Waals surface area contributed by atoms with Gasteiger partial charge in [-0.05, 0) is 6.07 Å².